The fraction of sp³-hybridized carbons (Fsp3) is 0.867. The van der Waals surface area contributed by atoms with E-state index in [2.05, 4.69) is 0 Å². The number of morpholine rings is 1. The molecule has 2 aliphatic rings. The summed E-state index contributed by atoms with van der Waals surface area (Å²) in [5.74, 6) is -0.725. The highest BCUT2D eigenvalue weighted by molar-refractivity contribution is 5.87. The van der Waals surface area contributed by atoms with Crippen molar-refractivity contribution in [1.29, 1.82) is 0 Å². The molecule has 1 amide bonds. The predicted molar refractivity (Wildman–Crippen MR) is 74.3 cm³/mol. The number of carboxylic acids is 1. The molecule has 2 atom stereocenters. The van der Waals surface area contributed by atoms with Crippen LogP contribution in [0.1, 0.15) is 40.5 Å². The van der Waals surface area contributed by atoms with Gasteiger partial charge in [-0.2, -0.15) is 0 Å². The summed E-state index contributed by atoms with van der Waals surface area (Å²) in [7, 11) is 0. The average molecular weight is 283 g/mol. The molecule has 0 spiro atoms. The van der Waals surface area contributed by atoms with Gasteiger partial charge < -0.3 is 14.7 Å². The zero-order chi connectivity index (χ0) is 15.2. The highest BCUT2D eigenvalue weighted by atomic mass is 16.5. The molecule has 1 N–H and O–H groups in total. The van der Waals surface area contributed by atoms with Gasteiger partial charge in [0.2, 0.25) is 5.91 Å². The minimum atomic E-state index is -0.857. The monoisotopic (exact) mass is 283 g/mol. The van der Waals surface area contributed by atoms with Crippen LogP contribution in [0.3, 0.4) is 0 Å². The van der Waals surface area contributed by atoms with Crippen molar-refractivity contribution in [1.82, 2.24) is 4.90 Å². The second-order valence-electron chi connectivity index (χ2n) is 7.00. The van der Waals surface area contributed by atoms with E-state index in [1.54, 1.807) is 6.92 Å². The van der Waals surface area contributed by atoms with Gasteiger partial charge in [-0.05, 0) is 25.2 Å². The molecule has 0 aromatic carbocycles. The van der Waals surface area contributed by atoms with E-state index in [9.17, 15) is 14.7 Å². The Balaban J connectivity index is 2.30. The molecule has 0 radical (unpaired) electrons. The molecule has 2 rings (SSSR count). The van der Waals surface area contributed by atoms with E-state index < -0.39 is 22.2 Å². The Morgan fingerprint density at radius 3 is 1.95 bits per heavy atom. The van der Waals surface area contributed by atoms with Gasteiger partial charge >= 0.3 is 5.97 Å². The Labute approximate surface area is 120 Å². The quantitative estimate of drug-likeness (QED) is 0.838. The summed E-state index contributed by atoms with van der Waals surface area (Å²) in [4.78, 5) is 26.4. The van der Waals surface area contributed by atoms with E-state index in [4.69, 9.17) is 4.74 Å². The van der Waals surface area contributed by atoms with Gasteiger partial charge in [0.25, 0.3) is 0 Å². The Hall–Kier alpha value is -1.10. The van der Waals surface area contributed by atoms with Crippen molar-refractivity contribution >= 4 is 11.9 Å². The number of hydrogen-bond donors (Lipinski definition) is 1. The fourth-order valence-corrected chi connectivity index (χ4v) is 3.60. The van der Waals surface area contributed by atoms with Crippen LogP contribution in [0.5, 0.6) is 0 Å². The summed E-state index contributed by atoms with van der Waals surface area (Å²) in [6.45, 7) is 9.89. The standard InChI is InChI=1S/C15H25NO4/c1-13(2)14(3,5-6-15(13,4)12(18)19)11(17)16-7-9-20-10-8-16/h5-10H2,1-4H3,(H,18,19). The van der Waals surface area contributed by atoms with E-state index in [1.807, 2.05) is 25.7 Å². The first-order valence-electron chi connectivity index (χ1n) is 7.27. The summed E-state index contributed by atoms with van der Waals surface area (Å²) < 4.78 is 5.29. The van der Waals surface area contributed by atoms with Gasteiger partial charge in [0.1, 0.15) is 0 Å². The Morgan fingerprint density at radius 1 is 1.00 bits per heavy atom. The van der Waals surface area contributed by atoms with Crippen molar-refractivity contribution in [2.24, 2.45) is 16.2 Å². The molecule has 0 bridgehead atoms. The lowest BCUT2D eigenvalue weighted by atomic mass is 9.59. The molecule has 1 saturated carbocycles. The third-order valence-corrected chi connectivity index (χ3v) is 6.13. The van der Waals surface area contributed by atoms with Crippen molar-refractivity contribution in [3.63, 3.8) is 0 Å². The highest BCUT2D eigenvalue weighted by Gasteiger charge is 2.65. The molecule has 2 fully saturated rings. The number of carbonyl (C=O) groups is 2. The Morgan fingerprint density at radius 2 is 1.50 bits per heavy atom. The maximum Gasteiger partial charge on any atom is 0.309 e. The van der Waals surface area contributed by atoms with Crippen molar-refractivity contribution in [2.45, 2.75) is 40.5 Å². The molecule has 0 aromatic heterocycles. The SMILES string of the molecule is CC1(C(=O)O)CCC(C)(C(=O)N2CCOCC2)C1(C)C. The van der Waals surface area contributed by atoms with E-state index in [1.165, 1.54) is 0 Å². The summed E-state index contributed by atoms with van der Waals surface area (Å²) >= 11 is 0. The fourth-order valence-electron chi connectivity index (χ4n) is 3.60. The third-order valence-electron chi connectivity index (χ3n) is 6.13. The topological polar surface area (TPSA) is 66.8 Å². The molecule has 2 unspecified atom stereocenters. The second-order valence-corrected chi connectivity index (χ2v) is 7.00. The predicted octanol–water partition coefficient (Wildman–Crippen LogP) is 1.76. The van der Waals surface area contributed by atoms with E-state index >= 15 is 0 Å². The molecule has 1 saturated heterocycles. The van der Waals surface area contributed by atoms with Gasteiger partial charge in [-0.3, -0.25) is 9.59 Å². The van der Waals surface area contributed by atoms with E-state index in [-0.39, 0.29) is 5.91 Å². The summed E-state index contributed by atoms with van der Waals surface area (Å²) in [6, 6.07) is 0. The van der Waals surface area contributed by atoms with Gasteiger partial charge in [-0.1, -0.05) is 20.8 Å². The van der Waals surface area contributed by atoms with Crippen LogP contribution in [-0.4, -0.2) is 48.2 Å². The molecule has 5 heteroatoms. The minimum Gasteiger partial charge on any atom is -0.481 e. The van der Waals surface area contributed by atoms with Crippen molar-refractivity contribution in [3.05, 3.63) is 0 Å². The van der Waals surface area contributed by atoms with Crippen LogP contribution in [-0.2, 0) is 14.3 Å². The number of amides is 1. The molecule has 5 nitrogen and oxygen atoms in total. The second kappa shape index (κ2) is 4.72. The number of hydrogen-bond acceptors (Lipinski definition) is 3. The first-order chi connectivity index (χ1) is 9.17. The number of rotatable bonds is 2. The normalized spacial score (nSPS) is 36.9. The average Bonchev–Trinajstić information content (AvgIpc) is 2.61. The highest BCUT2D eigenvalue weighted by Crippen LogP contribution is 2.63. The molecule has 1 aliphatic carbocycles. The maximum atomic E-state index is 12.9. The van der Waals surface area contributed by atoms with Gasteiger partial charge in [0.05, 0.1) is 24.0 Å². The number of carboxylic acid groups (broad SMARTS) is 1. The lowest BCUT2D eigenvalue weighted by Crippen LogP contribution is -2.54. The summed E-state index contributed by atoms with van der Waals surface area (Å²) in [5, 5.41) is 9.59. The molecule has 0 aromatic rings. The summed E-state index contributed by atoms with van der Waals surface area (Å²) in [5.41, 5.74) is -2.07. The van der Waals surface area contributed by atoms with Gasteiger partial charge in [-0.15, -0.1) is 0 Å². The summed E-state index contributed by atoms with van der Waals surface area (Å²) in [6.07, 6.45) is 1.17. The van der Waals surface area contributed by atoms with Crippen LogP contribution in [0.4, 0.5) is 0 Å². The number of aliphatic carboxylic acids is 1. The van der Waals surface area contributed by atoms with Crippen LogP contribution in [0.15, 0.2) is 0 Å². The number of nitrogens with zero attached hydrogens (tertiary/aromatic N) is 1. The van der Waals surface area contributed by atoms with Crippen LogP contribution < -0.4 is 0 Å². The van der Waals surface area contributed by atoms with Crippen LogP contribution in [0.2, 0.25) is 0 Å². The molecular weight excluding hydrogens is 258 g/mol. The van der Waals surface area contributed by atoms with Crippen molar-refractivity contribution in [3.8, 4) is 0 Å². The van der Waals surface area contributed by atoms with Gasteiger partial charge in [0.15, 0.2) is 0 Å². The number of carbonyl (C=O) groups excluding carboxylic acids is 1. The molecule has 1 heterocycles. The molecule has 1 aliphatic heterocycles. The Kier molecular flexibility index (Phi) is 3.61. The Bertz CT molecular complexity index is 428. The largest absolute Gasteiger partial charge is 0.481 e. The van der Waals surface area contributed by atoms with Crippen molar-refractivity contribution < 1.29 is 19.4 Å². The van der Waals surface area contributed by atoms with E-state index in [0.29, 0.717) is 39.1 Å². The van der Waals surface area contributed by atoms with E-state index in [0.717, 1.165) is 0 Å². The van der Waals surface area contributed by atoms with Gasteiger partial charge in [0, 0.05) is 13.1 Å². The first kappa shape index (κ1) is 15.3. The molecule has 114 valence electrons. The van der Waals surface area contributed by atoms with Crippen molar-refractivity contribution in [2.75, 3.05) is 26.3 Å². The number of ether oxygens (including phenoxy) is 1. The van der Waals surface area contributed by atoms with Crippen LogP contribution >= 0.6 is 0 Å². The van der Waals surface area contributed by atoms with Crippen LogP contribution in [0, 0.1) is 16.2 Å². The first-order valence-corrected chi connectivity index (χ1v) is 7.27. The zero-order valence-corrected chi connectivity index (χ0v) is 12.9. The lowest BCUT2D eigenvalue weighted by Gasteiger charge is -2.46. The zero-order valence-electron chi connectivity index (χ0n) is 12.9. The maximum absolute atomic E-state index is 12.9. The molecule has 20 heavy (non-hydrogen) atoms. The minimum absolute atomic E-state index is 0.0794. The van der Waals surface area contributed by atoms with Crippen LogP contribution in [0.25, 0.3) is 0 Å². The molecular formula is C15H25NO4. The smallest absolute Gasteiger partial charge is 0.309 e. The lowest BCUT2D eigenvalue weighted by molar-refractivity contribution is -0.163. The van der Waals surface area contributed by atoms with Gasteiger partial charge in [-0.25, -0.2) is 0 Å². The third kappa shape index (κ3) is 1.86.